The van der Waals surface area contributed by atoms with Gasteiger partial charge in [-0.25, -0.2) is 0 Å². The van der Waals surface area contributed by atoms with Crippen LogP contribution in [0.1, 0.15) is 60.8 Å². The van der Waals surface area contributed by atoms with Crippen molar-refractivity contribution in [2.75, 3.05) is 32.8 Å². The Labute approximate surface area is 149 Å². The van der Waals surface area contributed by atoms with E-state index in [0.29, 0.717) is 11.1 Å². The van der Waals surface area contributed by atoms with E-state index in [1.165, 1.54) is 52.1 Å². The highest BCUT2D eigenvalue weighted by Crippen LogP contribution is 2.39. The monoisotopic (exact) mass is 334 g/mol. The number of fused-ring (bicyclic) bond motifs is 4. The highest BCUT2D eigenvalue weighted by molar-refractivity contribution is 5.06. The second kappa shape index (κ2) is 5.67. The topological polar surface area (TPSA) is 13.0 Å². The number of piperazine rings is 2. The molecule has 138 valence electrons. The van der Waals surface area contributed by atoms with Crippen molar-refractivity contribution in [3.05, 3.63) is 0 Å². The smallest absolute Gasteiger partial charge is 0.0514 e. The molecule has 4 bridgehead atoms. The summed E-state index contributed by atoms with van der Waals surface area (Å²) in [7, 11) is 0. The van der Waals surface area contributed by atoms with Gasteiger partial charge in [-0.05, 0) is 60.8 Å². The van der Waals surface area contributed by atoms with Crippen LogP contribution in [0, 0.1) is 0 Å². The van der Waals surface area contributed by atoms with Gasteiger partial charge < -0.3 is 0 Å². The molecule has 0 spiro atoms. The summed E-state index contributed by atoms with van der Waals surface area (Å²) in [6.07, 6.45) is 4.25. The van der Waals surface area contributed by atoms with Crippen molar-refractivity contribution in [2.45, 2.75) is 96.1 Å². The maximum absolute atomic E-state index is 2.86. The van der Waals surface area contributed by atoms with E-state index in [1.807, 2.05) is 0 Å². The second-order valence-electron chi connectivity index (χ2n) is 10.8. The van der Waals surface area contributed by atoms with E-state index in [9.17, 15) is 0 Å². The molecule has 0 radical (unpaired) electrons. The van der Waals surface area contributed by atoms with Crippen molar-refractivity contribution in [2.24, 2.45) is 0 Å². The summed E-state index contributed by atoms with van der Waals surface area (Å²) in [5.74, 6) is 0. The molecular formula is C20H38N4. The van der Waals surface area contributed by atoms with Crippen molar-refractivity contribution in [1.29, 1.82) is 0 Å². The summed E-state index contributed by atoms with van der Waals surface area (Å²) < 4.78 is 0. The Bertz CT molecular complexity index is 451. The summed E-state index contributed by atoms with van der Waals surface area (Å²) in [6, 6.07) is 3.19. The molecule has 24 heavy (non-hydrogen) atoms. The van der Waals surface area contributed by atoms with Crippen molar-refractivity contribution in [3.8, 4) is 0 Å². The third kappa shape index (κ3) is 2.94. The van der Waals surface area contributed by atoms with Crippen molar-refractivity contribution in [3.63, 3.8) is 0 Å². The predicted octanol–water partition coefficient (Wildman–Crippen LogP) is 2.45. The highest BCUT2D eigenvalue weighted by atomic mass is 15.5. The largest absolute Gasteiger partial charge is 0.295 e. The molecule has 0 amide bonds. The summed E-state index contributed by atoms with van der Waals surface area (Å²) in [5.41, 5.74) is 0.671. The SMILES string of the molecule is CC(C)(C)N1CC2CCC(C1)N2CN1CC2CC(C1)N2C(C)(C)C. The maximum Gasteiger partial charge on any atom is 0.0514 e. The van der Waals surface area contributed by atoms with Crippen molar-refractivity contribution in [1.82, 2.24) is 19.6 Å². The van der Waals surface area contributed by atoms with Gasteiger partial charge in [0.25, 0.3) is 0 Å². The number of hydrogen-bond donors (Lipinski definition) is 0. The average Bonchev–Trinajstić information content (AvgIpc) is 2.67. The molecule has 5 aliphatic rings. The summed E-state index contributed by atoms with van der Waals surface area (Å²) >= 11 is 0. The molecule has 0 aromatic rings. The minimum Gasteiger partial charge on any atom is -0.295 e. The Morgan fingerprint density at radius 3 is 1.71 bits per heavy atom. The van der Waals surface area contributed by atoms with E-state index in [0.717, 1.165) is 24.2 Å². The van der Waals surface area contributed by atoms with Gasteiger partial charge in [-0.3, -0.25) is 19.6 Å². The Kier molecular flexibility index (Phi) is 4.08. The summed E-state index contributed by atoms with van der Waals surface area (Å²) in [4.78, 5) is 11.1. The van der Waals surface area contributed by atoms with Gasteiger partial charge in [0.1, 0.15) is 0 Å². The molecular weight excluding hydrogens is 296 g/mol. The Balaban J connectivity index is 1.35. The molecule has 5 rings (SSSR count). The molecule has 4 atom stereocenters. The number of rotatable bonds is 2. The van der Waals surface area contributed by atoms with Crippen LogP contribution in [0.25, 0.3) is 0 Å². The Morgan fingerprint density at radius 2 is 1.25 bits per heavy atom. The molecule has 0 aliphatic carbocycles. The normalized spacial score (nSPS) is 39.2. The molecule has 5 fully saturated rings. The van der Waals surface area contributed by atoms with E-state index in [-0.39, 0.29) is 0 Å². The van der Waals surface area contributed by atoms with Crippen LogP contribution in [0.5, 0.6) is 0 Å². The molecule has 5 saturated heterocycles. The van der Waals surface area contributed by atoms with Gasteiger partial charge in [-0.15, -0.1) is 0 Å². The number of piperidine rings is 1. The lowest BCUT2D eigenvalue weighted by atomic mass is 9.82. The van der Waals surface area contributed by atoms with E-state index in [2.05, 4.69) is 61.1 Å². The third-order valence-corrected chi connectivity index (χ3v) is 6.99. The first-order valence-electron chi connectivity index (χ1n) is 10.1. The first kappa shape index (κ1) is 17.3. The van der Waals surface area contributed by atoms with Crippen molar-refractivity contribution < 1.29 is 0 Å². The summed E-state index contributed by atoms with van der Waals surface area (Å²) in [6.45, 7) is 20.6. The van der Waals surface area contributed by atoms with Gasteiger partial charge in [0.05, 0.1) is 6.67 Å². The fourth-order valence-corrected chi connectivity index (χ4v) is 5.91. The Hall–Kier alpha value is -0.160. The van der Waals surface area contributed by atoms with Crippen LogP contribution in [0.3, 0.4) is 0 Å². The second-order valence-corrected chi connectivity index (χ2v) is 10.8. The van der Waals surface area contributed by atoms with Gasteiger partial charge in [-0.1, -0.05) is 0 Å². The molecule has 4 heteroatoms. The zero-order chi connectivity index (χ0) is 17.3. The fourth-order valence-electron chi connectivity index (χ4n) is 5.91. The zero-order valence-electron chi connectivity index (χ0n) is 16.8. The van der Waals surface area contributed by atoms with Crippen LogP contribution < -0.4 is 0 Å². The summed E-state index contributed by atoms with van der Waals surface area (Å²) in [5, 5.41) is 0. The van der Waals surface area contributed by atoms with Crippen LogP contribution >= 0.6 is 0 Å². The number of nitrogens with zero attached hydrogens (tertiary/aromatic N) is 4. The molecule has 0 aromatic carbocycles. The number of hydrogen-bond acceptors (Lipinski definition) is 4. The van der Waals surface area contributed by atoms with Gasteiger partial charge in [0.2, 0.25) is 0 Å². The molecule has 0 aromatic heterocycles. The number of likely N-dealkylation sites (tertiary alicyclic amines) is 1. The van der Waals surface area contributed by atoms with Crippen LogP contribution in [-0.2, 0) is 0 Å². The lowest BCUT2D eigenvalue weighted by Crippen LogP contribution is -2.74. The van der Waals surface area contributed by atoms with E-state index >= 15 is 0 Å². The lowest BCUT2D eigenvalue weighted by molar-refractivity contribution is -0.134. The molecule has 0 saturated carbocycles. The fraction of sp³-hybridized carbons (Fsp3) is 1.00. The van der Waals surface area contributed by atoms with Crippen molar-refractivity contribution >= 4 is 0 Å². The van der Waals surface area contributed by atoms with Gasteiger partial charge >= 0.3 is 0 Å². The zero-order valence-corrected chi connectivity index (χ0v) is 16.8. The standard InChI is InChI=1S/C20H38N4/c1-19(2,3)22-12-15-7-8-16(13-22)23(15)14-21-10-17-9-18(11-21)24(17)20(4,5)6/h15-18H,7-14H2,1-6H3. The van der Waals surface area contributed by atoms with Crippen LogP contribution in [0.4, 0.5) is 0 Å². The first-order valence-corrected chi connectivity index (χ1v) is 10.1. The average molecular weight is 335 g/mol. The van der Waals surface area contributed by atoms with Gasteiger partial charge in [0.15, 0.2) is 0 Å². The highest BCUT2D eigenvalue weighted by Gasteiger charge is 2.50. The molecule has 5 aliphatic heterocycles. The van der Waals surface area contributed by atoms with E-state index in [1.54, 1.807) is 0 Å². The third-order valence-electron chi connectivity index (χ3n) is 6.99. The predicted molar refractivity (Wildman–Crippen MR) is 100 cm³/mol. The first-order chi connectivity index (χ1) is 11.1. The Morgan fingerprint density at radius 1 is 0.708 bits per heavy atom. The molecule has 0 N–H and O–H groups in total. The minimum absolute atomic E-state index is 0.326. The van der Waals surface area contributed by atoms with Crippen LogP contribution in [0.2, 0.25) is 0 Å². The lowest BCUT2D eigenvalue weighted by Gasteiger charge is -2.62. The quantitative estimate of drug-likeness (QED) is 0.769. The van der Waals surface area contributed by atoms with E-state index in [4.69, 9.17) is 0 Å². The maximum atomic E-state index is 2.86. The molecule has 4 nitrogen and oxygen atoms in total. The van der Waals surface area contributed by atoms with Gasteiger partial charge in [-0.2, -0.15) is 0 Å². The van der Waals surface area contributed by atoms with Crippen LogP contribution in [0.15, 0.2) is 0 Å². The van der Waals surface area contributed by atoms with E-state index < -0.39 is 0 Å². The van der Waals surface area contributed by atoms with Crippen LogP contribution in [-0.4, -0.2) is 87.7 Å². The molecule has 5 heterocycles. The van der Waals surface area contributed by atoms with Gasteiger partial charge in [0, 0.05) is 61.4 Å². The minimum atomic E-state index is 0.326. The molecule has 4 unspecified atom stereocenters.